The number of benzene rings is 2. The highest BCUT2D eigenvalue weighted by Crippen LogP contribution is 2.12. The lowest BCUT2D eigenvalue weighted by molar-refractivity contribution is 0.140. The number of carbonyl (C=O) groups is 1. The van der Waals surface area contributed by atoms with Crippen LogP contribution in [0, 0.1) is 5.82 Å². The van der Waals surface area contributed by atoms with Gasteiger partial charge in [0.1, 0.15) is 12.4 Å². The lowest BCUT2D eigenvalue weighted by Crippen LogP contribution is -2.24. The highest BCUT2D eigenvalue weighted by molar-refractivity contribution is 5.67. The van der Waals surface area contributed by atoms with Gasteiger partial charge in [0.15, 0.2) is 0 Å². The number of carbonyl (C=O) groups excluding carboxylic acids is 1. The Labute approximate surface area is 140 Å². The molecule has 0 aromatic heterocycles. The Morgan fingerprint density at radius 3 is 2.75 bits per heavy atom. The predicted octanol–water partition coefficient (Wildman–Crippen LogP) is 3.65. The Morgan fingerprint density at radius 2 is 2.00 bits per heavy atom. The van der Waals surface area contributed by atoms with Crippen LogP contribution < -0.4 is 5.32 Å². The molecule has 0 saturated carbocycles. The summed E-state index contributed by atoms with van der Waals surface area (Å²) in [6.45, 7) is 0.350. The fraction of sp³-hybridized carbons (Fsp3) is 0.211. The molecule has 1 amide bonds. The Balaban J connectivity index is 1.67. The van der Waals surface area contributed by atoms with Crippen molar-refractivity contribution < 1.29 is 19.0 Å². The molecule has 0 unspecified atom stereocenters. The molecule has 2 aromatic carbocycles. The van der Waals surface area contributed by atoms with E-state index in [1.54, 1.807) is 12.1 Å². The number of aliphatic hydroxyl groups excluding tert-OH is 1. The first-order chi connectivity index (χ1) is 11.7. The van der Waals surface area contributed by atoms with Crippen molar-refractivity contribution in [3.8, 4) is 0 Å². The number of nitrogens with one attached hydrogen (secondary N) is 1. The molecule has 2 rings (SSSR count). The lowest BCUT2D eigenvalue weighted by Gasteiger charge is -2.06. The second-order valence-corrected chi connectivity index (χ2v) is 5.19. The highest BCUT2D eigenvalue weighted by atomic mass is 19.1. The standard InChI is InChI=1S/C19H20FNO3/c20-18-10-9-15(12-17(18)13-22)6-4-5-11-21-19(23)24-14-16-7-2-1-3-8-16/h1-4,6-10,12,22H,5,11,13-14H2,(H,21,23). The van der Waals surface area contributed by atoms with E-state index in [-0.39, 0.29) is 18.8 Å². The first-order valence-corrected chi connectivity index (χ1v) is 7.69. The number of halogens is 1. The molecule has 0 aliphatic rings. The molecule has 0 saturated heterocycles. The highest BCUT2D eigenvalue weighted by Gasteiger charge is 2.02. The fourth-order valence-electron chi connectivity index (χ4n) is 2.07. The van der Waals surface area contributed by atoms with Crippen molar-refractivity contribution in [1.29, 1.82) is 0 Å². The molecule has 0 heterocycles. The molecular weight excluding hydrogens is 309 g/mol. The van der Waals surface area contributed by atoms with Gasteiger partial charge in [-0.3, -0.25) is 0 Å². The maximum atomic E-state index is 13.3. The maximum Gasteiger partial charge on any atom is 0.407 e. The van der Waals surface area contributed by atoms with E-state index in [2.05, 4.69) is 5.32 Å². The van der Waals surface area contributed by atoms with Crippen molar-refractivity contribution in [3.63, 3.8) is 0 Å². The normalized spacial score (nSPS) is 10.8. The summed E-state index contributed by atoms with van der Waals surface area (Å²) < 4.78 is 18.3. The SMILES string of the molecule is O=C(NCCC=Cc1ccc(F)c(CO)c1)OCc1ccccc1. The summed E-state index contributed by atoms with van der Waals surface area (Å²) >= 11 is 0. The molecule has 0 radical (unpaired) electrons. The summed E-state index contributed by atoms with van der Waals surface area (Å²) in [5, 5.41) is 11.7. The van der Waals surface area contributed by atoms with Crippen LogP contribution in [0.4, 0.5) is 9.18 Å². The monoisotopic (exact) mass is 329 g/mol. The number of amides is 1. The number of hydrogen-bond acceptors (Lipinski definition) is 3. The van der Waals surface area contributed by atoms with Crippen LogP contribution in [-0.4, -0.2) is 17.7 Å². The van der Waals surface area contributed by atoms with Crippen LogP contribution in [0.3, 0.4) is 0 Å². The molecule has 2 N–H and O–H groups in total. The van der Waals surface area contributed by atoms with Crippen LogP contribution in [0.5, 0.6) is 0 Å². The molecule has 126 valence electrons. The molecule has 5 heteroatoms. The van der Waals surface area contributed by atoms with Gasteiger partial charge in [0, 0.05) is 12.1 Å². The van der Waals surface area contributed by atoms with Crippen molar-refractivity contribution in [2.24, 2.45) is 0 Å². The summed E-state index contributed by atoms with van der Waals surface area (Å²) in [5.41, 5.74) is 2.00. The summed E-state index contributed by atoms with van der Waals surface area (Å²) in [5.74, 6) is -0.419. The van der Waals surface area contributed by atoms with Gasteiger partial charge in [0.05, 0.1) is 6.61 Å². The number of ether oxygens (including phenoxy) is 1. The van der Waals surface area contributed by atoms with Crippen LogP contribution in [0.1, 0.15) is 23.1 Å². The fourth-order valence-corrected chi connectivity index (χ4v) is 2.07. The average Bonchev–Trinajstić information content (AvgIpc) is 2.62. The van der Waals surface area contributed by atoms with E-state index in [0.717, 1.165) is 11.1 Å². The van der Waals surface area contributed by atoms with Gasteiger partial charge in [-0.25, -0.2) is 9.18 Å². The van der Waals surface area contributed by atoms with Crippen molar-refractivity contribution >= 4 is 12.2 Å². The van der Waals surface area contributed by atoms with E-state index in [4.69, 9.17) is 9.84 Å². The molecule has 0 aliphatic heterocycles. The summed E-state index contributed by atoms with van der Waals surface area (Å²) in [6.07, 6.45) is 3.84. The van der Waals surface area contributed by atoms with Gasteiger partial charge < -0.3 is 15.2 Å². The molecule has 4 nitrogen and oxygen atoms in total. The summed E-state index contributed by atoms with van der Waals surface area (Å²) in [7, 11) is 0. The predicted molar refractivity (Wildman–Crippen MR) is 90.6 cm³/mol. The van der Waals surface area contributed by atoms with Crippen molar-refractivity contribution in [2.75, 3.05) is 6.54 Å². The van der Waals surface area contributed by atoms with E-state index >= 15 is 0 Å². The van der Waals surface area contributed by atoms with E-state index in [1.165, 1.54) is 6.07 Å². The Kier molecular flexibility index (Phi) is 6.98. The largest absolute Gasteiger partial charge is 0.445 e. The summed E-state index contributed by atoms with van der Waals surface area (Å²) in [6, 6.07) is 14.0. The molecule has 0 spiro atoms. The lowest BCUT2D eigenvalue weighted by atomic mass is 10.1. The second-order valence-electron chi connectivity index (χ2n) is 5.19. The van der Waals surface area contributed by atoms with Crippen molar-refractivity contribution in [2.45, 2.75) is 19.6 Å². The molecule has 0 atom stereocenters. The third-order valence-corrected chi connectivity index (χ3v) is 3.34. The molecule has 0 bridgehead atoms. The van der Waals surface area contributed by atoms with Crippen LogP contribution in [0.25, 0.3) is 6.08 Å². The number of aliphatic hydroxyl groups is 1. The van der Waals surface area contributed by atoms with Gasteiger partial charge in [-0.15, -0.1) is 0 Å². The first kappa shape index (κ1) is 17.7. The number of hydrogen-bond donors (Lipinski definition) is 2. The van der Waals surface area contributed by atoms with Gasteiger partial charge in [-0.2, -0.15) is 0 Å². The maximum absolute atomic E-state index is 13.3. The van der Waals surface area contributed by atoms with Crippen LogP contribution >= 0.6 is 0 Å². The number of alkyl carbamates (subject to hydrolysis) is 1. The van der Waals surface area contributed by atoms with Crippen LogP contribution in [0.15, 0.2) is 54.6 Å². The van der Waals surface area contributed by atoms with Crippen molar-refractivity contribution in [3.05, 3.63) is 77.1 Å². The minimum Gasteiger partial charge on any atom is -0.445 e. The third kappa shape index (κ3) is 5.85. The minimum absolute atomic E-state index is 0.238. The zero-order chi connectivity index (χ0) is 17.2. The van der Waals surface area contributed by atoms with Gasteiger partial charge in [0.2, 0.25) is 0 Å². The zero-order valence-electron chi connectivity index (χ0n) is 13.2. The van der Waals surface area contributed by atoms with Crippen LogP contribution in [0.2, 0.25) is 0 Å². The quantitative estimate of drug-likeness (QED) is 0.762. The number of rotatable bonds is 7. The third-order valence-electron chi connectivity index (χ3n) is 3.34. The Morgan fingerprint density at radius 1 is 1.21 bits per heavy atom. The molecule has 0 aliphatic carbocycles. The Hall–Kier alpha value is -2.66. The van der Waals surface area contributed by atoms with Gasteiger partial charge in [-0.1, -0.05) is 48.6 Å². The molecule has 24 heavy (non-hydrogen) atoms. The molecule has 0 fully saturated rings. The topological polar surface area (TPSA) is 58.6 Å². The second kappa shape index (κ2) is 9.47. The van der Waals surface area contributed by atoms with Gasteiger partial charge in [0.25, 0.3) is 0 Å². The Bertz CT molecular complexity index is 686. The van der Waals surface area contributed by atoms with E-state index in [0.29, 0.717) is 13.0 Å². The smallest absolute Gasteiger partial charge is 0.407 e. The first-order valence-electron chi connectivity index (χ1n) is 7.69. The average molecular weight is 329 g/mol. The van der Waals surface area contributed by atoms with Gasteiger partial charge in [-0.05, 0) is 29.7 Å². The van der Waals surface area contributed by atoms with Crippen LogP contribution in [-0.2, 0) is 18.0 Å². The van der Waals surface area contributed by atoms with E-state index in [9.17, 15) is 9.18 Å². The minimum atomic E-state index is -0.461. The zero-order valence-corrected chi connectivity index (χ0v) is 13.2. The van der Waals surface area contributed by atoms with E-state index in [1.807, 2.05) is 42.5 Å². The molecular formula is C19H20FNO3. The molecule has 2 aromatic rings. The van der Waals surface area contributed by atoms with Crippen molar-refractivity contribution in [1.82, 2.24) is 5.32 Å². The summed E-state index contributed by atoms with van der Waals surface area (Å²) in [4.78, 5) is 11.5. The van der Waals surface area contributed by atoms with Gasteiger partial charge >= 0.3 is 6.09 Å². The van der Waals surface area contributed by atoms with E-state index < -0.39 is 11.9 Å².